The molecule has 3 aromatic carbocycles. The van der Waals surface area contributed by atoms with Gasteiger partial charge in [-0.2, -0.15) is 10.2 Å². The van der Waals surface area contributed by atoms with Crippen molar-refractivity contribution in [3.63, 3.8) is 0 Å². The van der Waals surface area contributed by atoms with Crippen LogP contribution >= 0.6 is 0 Å². The van der Waals surface area contributed by atoms with E-state index >= 15 is 0 Å². The molecule has 0 spiro atoms. The Morgan fingerprint density at radius 3 is 2.56 bits per heavy atom. The second-order valence-corrected chi connectivity index (χ2v) is 7.98. The van der Waals surface area contributed by atoms with Gasteiger partial charge in [0, 0.05) is 41.5 Å². The molecule has 5 aromatic rings. The number of aromatic nitrogens is 4. The van der Waals surface area contributed by atoms with Crippen LogP contribution in [0.4, 0.5) is 10.1 Å². The Labute approximate surface area is 196 Å². The first-order valence-corrected chi connectivity index (χ1v) is 10.8. The number of amides is 1. The molecule has 2 heterocycles. The summed E-state index contributed by atoms with van der Waals surface area (Å²) in [7, 11) is 1.81. The van der Waals surface area contributed by atoms with Crippen molar-refractivity contribution in [1.29, 1.82) is 0 Å². The Morgan fingerprint density at radius 1 is 1.03 bits per heavy atom. The predicted octanol–water partition coefficient (Wildman–Crippen LogP) is 5.28. The molecule has 1 amide bonds. The molecule has 0 saturated heterocycles. The normalized spacial score (nSPS) is 11.4. The molecule has 1 N–H and O–H groups in total. The largest absolute Gasteiger partial charge is 0.323 e. The van der Waals surface area contributed by atoms with Crippen LogP contribution in [0, 0.1) is 5.82 Å². The van der Waals surface area contributed by atoms with Gasteiger partial charge in [0.2, 0.25) is 5.91 Å². The lowest BCUT2D eigenvalue weighted by atomic mass is 10.1. The molecule has 5 rings (SSSR count). The summed E-state index contributed by atoms with van der Waals surface area (Å²) in [4.78, 5) is 12.5. The summed E-state index contributed by atoms with van der Waals surface area (Å²) in [5, 5.41) is 12.8. The first kappa shape index (κ1) is 21.3. The van der Waals surface area contributed by atoms with E-state index in [0.29, 0.717) is 12.2 Å². The molecule has 7 heteroatoms. The van der Waals surface area contributed by atoms with Crippen molar-refractivity contribution >= 4 is 28.6 Å². The Hall–Kier alpha value is -4.52. The van der Waals surface area contributed by atoms with E-state index in [1.165, 1.54) is 18.2 Å². The summed E-state index contributed by atoms with van der Waals surface area (Å²) >= 11 is 0. The van der Waals surface area contributed by atoms with Gasteiger partial charge in [0.05, 0.1) is 24.0 Å². The third-order valence-electron chi connectivity index (χ3n) is 5.53. The standard InChI is InChI=1S/C27H22FN5O/c1-32-27(20-8-11-23(28)12-9-20)21(16-29-32)10-15-26(34)30-24-13-6-19(7-14-24)17-33-18-22-4-2-3-5-25(22)31-33/h2-16,18H,17H2,1H3,(H,30,34). The minimum absolute atomic E-state index is 0.250. The molecule has 34 heavy (non-hydrogen) atoms. The number of nitrogens with zero attached hydrogens (tertiary/aromatic N) is 4. The lowest BCUT2D eigenvalue weighted by Gasteiger charge is -2.06. The summed E-state index contributed by atoms with van der Waals surface area (Å²) in [6, 6.07) is 21.9. The molecule has 0 fully saturated rings. The van der Waals surface area contributed by atoms with Gasteiger partial charge in [-0.25, -0.2) is 4.39 Å². The van der Waals surface area contributed by atoms with E-state index in [1.54, 1.807) is 29.1 Å². The van der Waals surface area contributed by atoms with Crippen molar-refractivity contribution < 1.29 is 9.18 Å². The van der Waals surface area contributed by atoms with E-state index in [1.807, 2.05) is 66.5 Å². The first-order chi connectivity index (χ1) is 16.5. The SMILES string of the molecule is Cn1ncc(C=CC(=O)Nc2ccc(Cn3cc4ccccc4n3)cc2)c1-c1ccc(F)cc1. The summed E-state index contributed by atoms with van der Waals surface area (Å²) in [6.45, 7) is 0.649. The van der Waals surface area contributed by atoms with Crippen LogP contribution in [0.1, 0.15) is 11.1 Å². The van der Waals surface area contributed by atoms with Gasteiger partial charge in [0.15, 0.2) is 0 Å². The summed E-state index contributed by atoms with van der Waals surface area (Å²) < 4.78 is 16.9. The van der Waals surface area contributed by atoms with Gasteiger partial charge in [-0.1, -0.05) is 30.3 Å². The molecular weight excluding hydrogens is 429 g/mol. The Morgan fingerprint density at radius 2 is 1.79 bits per heavy atom. The van der Waals surface area contributed by atoms with Crippen LogP contribution < -0.4 is 5.32 Å². The van der Waals surface area contributed by atoms with Crippen molar-refractivity contribution in [2.45, 2.75) is 6.54 Å². The van der Waals surface area contributed by atoms with Crippen molar-refractivity contribution in [3.05, 3.63) is 108 Å². The fourth-order valence-corrected chi connectivity index (χ4v) is 3.86. The third-order valence-corrected chi connectivity index (χ3v) is 5.53. The number of hydrogen-bond donors (Lipinski definition) is 1. The summed E-state index contributed by atoms with van der Waals surface area (Å²) in [5.74, 6) is -0.550. The molecule has 0 saturated carbocycles. The zero-order valence-corrected chi connectivity index (χ0v) is 18.5. The minimum Gasteiger partial charge on any atom is -0.323 e. The highest BCUT2D eigenvalue weighted by Crippen LogP contribution is 2.24. The van der Waals surface area contributed by atoms with Crippen LogP contribution in [0.2, 0.25) is 0 Å². The molecule has 6 nitrogen and oxygen atoms in total. The molecule has 0 radical (unpaired) electrons. The number of nitrogens with one attached hydrogen (secondary N) is 1. The fourth-order valence-electron chi connectivity index (χ4n) is 3.86. The second kappa shape index (κ2) is 9.15. The quantitative estimate of drug-likeness (QED) is 0.358. The average molecular weight is 452 g/mol. The first-order valence-electron chi connectivity index (χ1n) is 10.8. The molecule has 168 valence electrons. The number of carbonyl (C=O) groups excluding carboxylic acids is 1. The predicted molar refractivity (Wildman–Crippen MR) is 132 cm³/mol. The lowest BCUT2D eigenvalue weighted by molar-refractivity contribution is -0.111. The molecular formula is C27H22FN5O. The van der Waals surface area contributed by atoms with Crippen molar-refractivity contribution in [2.24, 2.45) is 7.05 Å². The molecule has 0 aliphatic carbocycles. The summed E-state index contributed by atoms with van der Waals surface area (Å²) in [5.41, 5.74) is 5.15. The highest BCUT2D eigenvalue weighted by molar-refractivity contribution is 6.02. The Balaban J connectivity index is 1.24. The van der Waals surface area contributed by atoms with Crippen molar-refractivity contribution in [2.75, 3.05) is 5.32 Å². The molecule has 0 unspecified atom stereocenters. The van der Waals surface area contributed by atoms with Crippen LogP contribution in [-0.4, -0.2) is 25.5 Å². The van der Waals surface area contributed by atoms with Gasteiger partial charge in [-0.15, -0.1) is 0 Å². The van der Waals surface area contributed by atoms with E-state index in [2.05, 4.69) is 15.5 Å². The number of rotatable bonds is 6. The van der Waals surface area contributed by atoms with Gasteiger partial charge >= 0.3 is 0 Å². The van der Waals surface area contributed by atoms with E-state index in [-0.39, 0.29) is 11.7 Å². The van der Waals surface area contributed by atoms with Crippen molar-refractivity contribution in [3.8, 4) is 11.3 Å². The smallest absolute Gasteiger partial charge is 0.248 e. The second-order valence-electron chi connectivity index (χ2n) is 7.98. The van der Waals surface area contributed by atoms with Gasteiger partial charge < -0.3 is 5.32 Å². The number of fused-ring (bicyclic) bond motifs is 1. The zero-order valence-electron chi connectivity index (χ0n) is 18.5. The van der Waals surface area contributed by atoms with Crippen LogP contribution in [0.5, 0.6) is 0 Å². The maximum absolute atomic E-state index is 13.3. The van der Waals surface area contributed by atoms with Gasteiger partial charge in [-0.05, 0) is 54.1 Å². The van der Waals surface area contributed by atoms with Crippen LogP contribution in [0.15, 0.2) is 91.3 Å². The number of benzene rings is 3. The molecule has 0 bridgehead atoms. The van der Waals surface area contributed by atoms with Gasteiger partial charge in [-0.3, -0.25) is 14.2 Å². The van der Waals surface area contributed by atoms with E-state index in [9.17, 15) is 9.18 Å². The van der Waals surface area contributed by atoms with E-state index in [4.69, 9.17) is 0 Å². The monoisotopic (exact) mass is 451 g/mol. The number of aryl methyl sites for hydroxylation is 1. The maximum Gasteiger partial charge on any atom is 0.248 e. The van der Waals surface area contributed by atoms with Crippen LogP contribution in [0.3, 0.4) is 0 Å². The summed E-state index contributed by atoms with van der Waals surface area (Å²) in [6.07, 6.45) is 6.87. The third kappa shape index (κ3) is 4.63. The molecule has 0 aliphatic rings. The maximum atomic E-state index is 13.3. The molecule has 0 atom stereocenters. The Kier molecular flexibility index (Phi) is 5.74. The molecule has 2 aromatic heterocycles. The average Bonchev–Trinajstić information content (AvgIpc) is 3.42. The van der Waals surface area contributed by atoms with Gasteiger partial charge in [0.1, 0.15) is 5.82 Å². The highest BCUT2D eigenvalue weighted by Gasteiger charge is 2.10. The molecule has 0 aliphatic heterocycles. The Bertz CT molecular complexity index is 1450. The van der Waals surface area contributed by atoms with Gasteiger partial charge in [0.25, 0.3) is 0 Å². The highest BCUT2D eigenvalue weighted by atomic mass is 19.1. The van der Waals surface area contributed by atoms with Crippen LogP contribution in [-0.2, 0) is 18.4 Å². The van der Waals surface area contributed by atoms with E-state index in [0.717, 1.165) is 33.3 Å². The fraction of sp³-hybridized carbons (Fsp3) is 0.0741. The number of hydrogen-bond acceptors (Lipinski definition) is 3. The van der Waals surface area contributed by atoms with Crippen LogP contribution in [0.25, 0.3) is 28.2 Å². The number of anilines is 1. The van der Waals surface area contributed by atoms with Crippen molar-refractivity contribution in [1.82, 2.24) is 19.6 Å². The van der Waals surface area contributed by atoms with E-state index < -0.39 is 0 Å². The number of halogens is 1. The zero-order chi connectivity index (χ0) is 23.5. The number of carbonyl (C=O) groups is 1. The topological polar surface area (TPSA) is 64.7 Å². The minimum atomic E-state index is -0.300. The lowest BCUT2D eigenvalue weighted by Crippen LogP contribution is -2.08.